The van der Waals surface area contributed by atoms with Crippen molar-refractivity contribution in [3.8, 4) is 0 Å². The lowest BCUT2D eigenvalue weighted by molar-refractivity contribution is -0.0553. The van der Waals surface area contributed by atoms with E-state index in [4.69, 9.17) is 4.74 Å². The third kappa shape index (κ3) is 2.54. The lowest BCUT2D eigenvalue weighted by atomic mass is 9.93. The number of fused-ring (bicyclic) bond motifs is 1. The number of benzene rings is 1. The second-order valence-electron chi connectivity index (χ2n) is 6.28. The average Bonchev–Trinajstić information content (AvgIpc) is 2.74. The highest BCUT2D eigenvalue weighted by molar-refractivity contribution is 5.50. The summed E-state index contributed by atoms with van der Waals surface area (Å²) in [7, 11) is 0. The van der Waals surface area contributed by atoms with Gasteiger partial charge < -0.3 is 10.1 Å². The fraction of sp³-hybridized carbons (Fsp3) is 0.625. The van der Waals surface area contributed by atoms with Crippen LogP contribution in [0.3, 0.4) is 0 Å². The van der Waals surface area contributed by atoms with Crippen LogP contribution in [0.25, 0.3) is 0 Å². The molecule has 1 heterocycles. The molecule has 0 aromatic heterocycles. The standard InChI is InChI=1S/C16H23NO/c1-16(2)11-15(8-9-18-16)17-14-7-6-12-4-3-5-13(12)10-14/h6-7,10,15,17H,3-5,8-9,11H2,1-2H3. The molecular weight excluding hydrogens is 222 g/mol. The van der Waals surface area contributed by atoms with Crippen LogP contribution in [0.2, 0.25) is 0 Å². The van der Waals surface area contributed by atoms with E-state index >= 15 is 0 Å². The van der Waals surface area contributed by atoms with Crippen LogP contribution in [-0.4, -0.2) is 18.2 Å². The zero-order valence-electron chi connectivity index (χ0n) is 11.5. The van der Waals surface area contributed by atoms with Gasteiger partial charge in [-0.15, -0.1) is 0 Å². The topological polar surface area (TPSA) is 21.3 Å². The summed E-state index contributed by atoms with van der Waals surface area (Å²) in [4.78, 5) is 0. The molecule has 0 bridgehead atoms. The number of rotatable bonds is 2. The first-order valence-corrected chi connectivity index (χ1v) is 7.15. The number of aryl methyl sites for hydroxylation is 2. The van der Waals surface area contributed by atoms with E-state index in [0.29, 0.717) is 6.04 Å². The maximum atomic E-state index is 5.77. The van der Waals surface area contributed by atoms with Crippen molar-refractivity contribution in [2.24, 2.45) is 0 Å². The molecule has 2 heteroatoms. The van der Waals surface area contributed by atoms with Gasteiger partial charge in [0.05, 0.1) is 5.60 Å². The van der Waals surface area contributed by atoms with Crippen LogP contribution in [0.5, 0.6) is 0 Å². The largest absolute Gasteiger partial charge is 0.382 e. The maximum absolute atomic E-state index is 5.77. The summed E-state index contributed by atoms with van der Waals surface area (Å²) in [5.74, 6) is 0. The third-order valence-corrected chi connectivity index (χ3v) is 4.17. The lowest BCUT2D eigenvalue weighted by Gasteiger charge is -2.36. The number of hydrogen-bond acceptors (Lipinski definition) is 2. The van der Waals surface area contributed by atoms with Crippen LogP contribution in [0.15, 0.2) is 18.2 Å². The Morgan fingerprint density at radius 3 is 2.89 bits per heavy atom. The van der Waals surface area contributed by atoms with E-state index in [1.165, 1.54) is 24.9 Å². The molecule has 1 fully saturated rings. The predicted molar refractivity (Wildman–Crippen MR) is 75.1 cm³/mol. The summed E-state index contributed by atoms with van der Waals surface area (Å²) in [5, 5.41) is 3.69. The molecule has 3 rings (SSSR count). The molecule has 0 spiro atoms. The number of hydrogen-bond donors (Lipinski definition) is 1. The minimum atomic E-state index is 0.0205. The molecule has 1 aliphatic carbocycles. The lowest BCUT2D eigenvalue weighted by Crippen LogP contribution is -2.40. The van der Waals surface area contributed by atoms with Gasteiger partial charge in [0.1, 0.15) is 0 Å². The Hall–Kier alpha value is -1.02. The number of ether oxygens (including phenoxy) is 1. The van der Waals surface area contributed by atoms with E-state index in [9.17, 15) is 0 Å². The molecule has 18 heavy (non-hydrogen) atoms. The monoisotopic (exact) mass is 245 g/mol. The first kappa shape index (κ1) is 12.0. The van der Waals surface area contributed by atoms with Crippen molar-refractivity contribution in [3.63, 3.8) is 0 Å². The van der Waals surface area contributed by atoms with Gasteiger partial charge in [0, 0.05) is 18.3 Å². The average molecular weight is 245 g/mol. The van der Waals surface area contributed by atoms with Crippen molar-refractivity contribution in [2.45, 2.75) is 57.6 Å². The quantitative estimate of drug-likeness (QED) is 0.860. The molecule has 1 atom stereocenters. The molecule has 2 nitrogen and oxygen atoms in total. The highest BCUT2D eigenvalue weighted by Gasteiger charge is 2.28. The SMILES string of the molecule is CC1(C)CC(Nc2ccc3c(c2)CCC3)CCO1. The normalized spacial score (nSPS) is 25.8. The fourth-order valence-corrected chi connectivity index (χ4v) is 3.25. The third-order valence-electron chi connectivity index (χ3n) is 4.17. The van der Waals surface area contributed by atoms with E-state index in [0.717, 1.165) is 19.4 Å². The van der Waals surface area contributed by atoms with Crippen molar-refractivity contribution in [3.05, 3.63) is 29.3 Å². The number of anilines is 1. The minimum Gasteiger partial charge on any atom is -0.382 e. The van der Waals surface area contributed by atoms with Crippen LogP contribution in [-0.2, 0) is 17.6 Å². The fourth-order valence-electron chi connectivity index (χ4n) is 3.25. The molecular formula is C16H23NO. The van der Waals surface area contributed by atoms with Crippen LogP contribution >= 0.6 is 0 Å². The molecule has 1 saturated heterocycles. The Morgan fingerprint density at radius 2 is 2.06 bits per heavy atom. The zero-order chi connectivity index (χ0) is 12.6. The van der Waals surface area contributed by atoms with Gasteiger partial charge in [0.25, 0.3) is 0 Å². The van der Waals surface area contributed by atoms with Gasteiger partial charge in [-0.3, -0.25) is 0 Å². The molecule has 1 aromatic carbocycles. The maximum Gasteiger partial charge on any atom is 0.0646 e. The Balaban J connectivity index is 1.69. The first-order chi connectivity index (χ1) is 8.62. The van der Waals surface area contributed by atoms with Crippen molar-refractivity contribution in [2.75, 3.05) is 11.9 Å². The Kier molecular flexibility index (Phi) is 3.06. The van der Waals surface area contributed by atoms with Gasteiger partial charge in [0.15, 0.2) is 0 Å². The summed E-state index contributed by atoms with van der Waals surface area (Å²) in [5.41, 5.74) is 4.41. The molecule has 1 unspecified atom stereocenters. The highest BCUT2D eigenvalue weighted by Crippen LogP contribution is 2.29. The van der Waals surface area contributed by atoms with Gasteiger partial charge in [-0.25, -0.2) is 0 Å². The molecule has 1 N–H and O–H groups in total. The van der Waals surface area contributed by atoms with Gasteiger partial charge >= 0.3 is 0 Å². The van der Waals surface area contributed by atoms with Crippen LogP contribution < -0.4 is 5.32 Å². The molecule has 1 aliphatic heterocycles. The molecule has 0 amide bonds. The summed E-state index contributed by atoms with van der Waals surface area (Å²) in [6, 6.07) is 7.44. The summed E-state index contributed by atoms with van der Waals surface area (Å²) in [6.45, 7) is 5.24. The van der Waals surface area contributed by atoms with E-state index < -0.39 is 0 Å². The van der Waals surface area contributed by atoms with E-state index in [1.54, 1.807) is 11.1 Å². The van der Waals surface area contributed by atoms with Crippen molar-refractivity contribution < 1.29 is 4.74 Å². The smallest absolute Gasteiger partial charge is 0.0646 e. The molecule has 0 radical (unpaired) electrons. The molecule has 1 aromatic rings. The van der Waals surface area contributed by atoms with Gasteiger partial charge in [0.2, 0.25) is 0 Å². The first-order valence-electron chi connectivity index (χ1n) is 7.15. The van der Waals surface area contributed by atoms with Crippen LogP contribution in [0, 0.1) is 0 Å². The Labute approximate surface area is 110 Å². The van der Waals surface area contributed by atoms with E-state index in [1.807, 2.05) is 0 Å². The summed E-state index contributed by atoms with van der Waals surface area (Å²) < 4.78 is 5.77. The second-order valence-corrected chi connectivity index (χ2v) is 6.28. The molecule has 98 valence electrons. The summed E-state index contributed by atoms with van der Waals surface area (Å²) >= 11 is 0. The van der Waals surface area contributed by atoms with Crippen molar-refractivity contribution >= 4 is 5.69 Å². The Morgan fingerprint density at radius 1 is 1.22 bits per heavy atom. The van der Waals surface area contributed by atoms with Gasteiger partial charge in [-0.1, -0.05) is 6.07 Å². The molecule has 2 aliphatic rings. The number of nitrogens with one attached hydrogen (secondary N) is 1. The van der Waals surface area contributed by atoms with E-state index in [-0.39, 0.29) is 5.60 Å². The van der Waals surface area contributed by atoms with Crippen LogP contribution in [0.1, 0.15) is 44.2 Å². The van der Waals surface area contributed by atoms with Gasteiger partial charge in [-0.2, -0.15) is 0 Å². The van der Waals surface area contributed by atoms with Crippen molar-refractivity contribution in [1.29, 1.82) is 0 Å². The molecule has 0 saturated carbocycles. The predicted octanol–water partition coefficient (Wildman–Crippen LogP) is 3.54. The Bertz CT molecular complexity index is 439. The summed E-state index contributed by atoms with van der Waals surface area (Å²) in [6.07, 6.45) is 6.04. The van der Waals surface area contributed by atoms with Crippen molar-refractivity contribution in [1.82, 2.24) is 0 Å². The van der Waals surface area contributed by atoms with E-state index in [2.05, 4.69) is 37.4 Å². The van der Waals surface area contributed by atoms with Gasteiger partial charge in [-0.05, 0) is 69.2 Å². The zero-order valence-corrected chi connectivity index (χ0v) is 11.5. The van der Waals surface area contributed by atoms with Crippen LogP contribution in [0.4, 0.5) is 5.69 Å². The second kappa shape index (κ2) is 4.58. The highest BCUT2D eigenvalue weighted by atomic mass is 16.5. The minimum absolute atomic E-state index is 0.0205.